The SMILES string of the molecule is CCCCC1=C(c2cc(CC)c(CC)c(CC)c2)[N+](=[N-])C(c2cc(CC)c(CC)c(CC)c2)=C1.CCCC[O][Ni][O]CCCC. The van der Waals surface area contributed by atoms with Crippen molar-refractivity contribution in [2.75, 3.05) is 13.2 Å². The van der Waals surface area contributed by atoms with Gasteiger partial charge in [-0.25, -0.2) is 4.70 Å². The number of benzene rings is 2. The van der Waals surface area contributed by atoms with E-state index in [4.69, 9.17) is 7.76 Å². The van der Waals surface area contributed by atoms with Crippen LogP contribution >= 0.6 is 0 Å². The van der Waals surface area contributed by atoms with Crippen LogP contribution in [0.2, 0.25) is 0 Å². The van der Waals surface area contributed by atoms with E-state index < -0.39 is 0 Å². The summed E-state index contributed by atoms with van der Waals surface area (Å²) in [6.45, 7) is 21.6. The van der Waals surface area contributed by atoms with Gasteiger partial charge in [0.25, 0.3) is 0 Å². The monoisotopic (exact) mass is 660 g/mol. The molecule has 2 aromatic rings. The van der Waals surface area contributed by atoms with Crippen LogP contribution in [-0.2, 0) is 61.4 Å². The predicted molar refractivity (Wildman–Crippen MR) is 189 cm³/mol. The van der Waals surface area contributed by atoms with Crippen molar-refractivity contribution < 1.29 is 27.5 Å². The first kappa shape index (κ1) is 39.1. The second-order valence-corrected chi connectivity index (χ2v) is 12.6. The van der Waals surface area contributed by atoms with Crippen molar-refractivity contribution in [1.82, 2.24) is 0 Å². The molecule has 0 radical (unpaired) electrons. The molecule has 0 aromatic heterocycles. The maximum absolute atomic E-state index is 11.6. The number of rotatable bonds is 19. The third kappa shape index (κ3) is 11.0. The van der Waals surface area contributed by atoms with Gasteiger partial charge in [-0.15, -0.1) is 0 Å². The number of nitrogens with zero attached hydrogens (tertiary/aromatic N) is 2. The topological polar surface area (TPSA) is 43.8 Å². The van der Waals surface area contributed by atoms with Crippen molar-refractivity contribution in [1.29, 1.82) is 0 Å². The Balaban J connectivity index is 0.000000547. The Morgan fingerprint density at radius 2 is 1.00 bits per heavy atom. The van der Waals surface area contributed by atoms with Crippen molar-refractivity contribution in [3.05, 3.63) is 86.0 Å². The van der Waals surface area contributed by atoms with Crippen LogP contribution in [0.1, 0.15) is 152 Å². The van der Waals surface area contributed by atoms with Gasteiger partial charge in [0.15, 0.2) is 0 Å². The van der Waals surface area contributed by atoms with Crippen LogP contribution in [0.3, 0.4) is 0 Å². The number of allylic oxidation sites excluding steroid dienone is 2. The normalized spacial score (nSPS) is 13.0. The van der Waals surface area contributed by atoms with Gasteiger partial charge in [0.2, 0.25) is 11.4 Å². The molecular formula is C40H62N2NiO2. The van der Waals surface area contributed by atoms with Gasteiger partial charge in [-0.2, -0.15) is 0 Å². The second kappa shape index (κ2) is 21.7. The van der Waals surface area contributed by atoms with Crippen LogP contribution in [0, 0.1) is 0 Å². The molecule has 4 nitrogen and oxygen atoms in total. The molecule has 5 heteroatoms. The molecule has 1 heterocycles. The predicted octanol–water partition coefficient (Wildman–Crippen LogP) is 11.6. The minimum atomic E-state index is 0.808. The fourth-order valence-electron chi connectivity index (χ4n) is 6.13. The summed E-state index contributed by atoms with van der Waals surface area (Å²) >= 11 is 0.968. The van der Waals surface area contributed by atoms with Gasteiger partial charge in [-0.05, 0) is 109 Å². The van der Waals surface area contributed by atoms with E-state index in [0.717, 1.165) is 121 Å². The summed E-state index contributed by atoms with van der Waals surface area (Å²) in [4.78, 5) is 0. The summed E-state index contributed by atoms with van der Waals surface area (Å²) in [6.07, 6.45) is 16.3. The summed E-state index contributed by atoms with van der Waals surface area (Å²) in [5, 5.41) is 0. The van der Waals surface area contributed by atoms with E-state index in [1.54, 1.807) is 0 Å². The van der Waals surface area contributed by atoms with Gasteiger partial charge < -0.3 is 5.53 Å². The van der Waals surface area contributed by atoms with Crippen LogP contribution in [0.25, 0.3) is 16.9 Å². The van der Waals surface area contributed by atoms with E-state index in [9.17, 15) is 5.53 Å². The Morgan fingerprint density at radius 3 is 1.38 bits per heavy atom. The van der Waals surface area contributed by atoms with Gasteiger partial charge in [0.05, 0.1) is 0 Å². The van der Waals surface area contributed by atoms with Crippen LogP contribution in [0.5, 0.6) is 0 Å². The zero-order chi connectivity index (χ0) is 33.2. The molecule has 0 spiro atoms. The molecule has 0 saturated carbocycles. The standard InChI is InChI=1S/C32H44N2.2C4H9O.Ni/c1-8-15-16-26-21-31(27-17-22(9-2)29(13-6)23(10-3)18-27)34(33)32(26)28-19-24(11-4)30(14-7)25(12-5)20-28;2*1-2-3-4-5;/h17-21H,8-16H2,1-7H3;2*2-4H2,1H3;/q;2*-1;+2. The van der Waals surface area contributed by atoms with Gasteiger partial charge in [0.1, 0.15) is 0 Å². The van der Waals surface area contributed by atoms with Crippen LogP contribution in [0.4, 0.5) is 0 Å². The van der Waals surface area contributed by atoms with Gasteiger partial charge in [0, 0.05) is 22.8 Å². The van der Waals surface area contributed by atoms with Crippen molar-refractivity contribution >= 4 is 11.4 Å². The molecule has 0 saturated heterocycles. The number of aryl methyl sites for hydroxylation is 4. The molecule has 2 aromatic carbocycles. The van der Waals surface area contributed by atoms with E-state index in [-0.39, 0.29) is 0 Å². The molecule has 45 heavy (non-hydrogen) atoms. The maximum atomic E-state index is 11.6. The van der Waals surface area contributed by atoms with E-state index >= 15 is 0 Å². The molecule has 254 valence electrons. The Bertz CT molecular complexity index is 1220. The Labute approximate surface area is 283 Å². The van der Waals surface area contributed by atoms with Gasteiger partial charge >= 0.3 is 75.6 Å². The fraction of sp³-hybridized carbons (Fsp3) is 0.600. The quantitative estimate of drug-likeness (QED) is 0.0854. The molecule has 0 N–H and O–H groups in total. The molecule has 0 fully saturated rings. The average molecular weight is 662 g/mol. The second-order valence-electron chi connectivity index (χ2n) is 11.8. The molecule has 1 aliphatic rings. The molecule has 0 atom stereocenters. The van der Waals surface area contributed by atoms with E-state index in [0.29, 0.717) is 0 Å². The van der Waals surface area contributed by atoms with Crippen LogP contribution < -0.4 is 0 Å². The molecule has 0 bridgehead atoms. The van der Waals surface area contributed by atoms with Gasteiger partial charge in [-0.1, -0.05) is 54.9 Å². The van der Waals surface area contributed by atoms with Crippen molar-refractivity contribution in [3.8, 4) is 0 Å². The molecule has 0 unspecified atom stereocenters. The first-order chi connectivity index (χ1) is 21.9. The van der Waals surface area contributed by atoms with Crippen molar-refractivity contribution in [2.24, 2.45) is 0 Å². The van der Waals surface area contributed by atoms with E-state index in [1.165, 1.54) is 56.5 Å². The minimum absolute atomic E-state index is 0.808. The Morgan fingerprint density at radius 1 is 0.578 bits per heavy atom. The zero-order valence-electron chi connectivity index (χ0n) is 30.0. The first-order valence-electron chi connectivity index (χ1n) is 18.0. The van der Waals surface area contributed by atoms with Crippen LogP contribution in [-0.4, -0.2) is 17.9 Å². The van der Waals surface area contributed by atoms with E-state index in [1.807, 2.05) is 0 Å². The zero-order valence-corrected chi connectivity index (χ0v) is 31.0. The number of hydrogen-bond donors (Lipinski definition) is 0. The summed E-state index contributed by atoms with van der Waals surface area (Å²) in [5.74, 6) is 0. The average Bonchev–Trinajstić information content (AvgIpc) is 3.41. The Hall–Kier alpha value is -2.07. The molecule has 0 amide bonds. The summed E-state index contributed by atoms with van der Waals surface area (Å²) in [6, 6.07) is 9.27. The fourth-order valence-corrected chi connectivity index (χ4v) is 6.66. The summed E-state index contributed by atoms with van der Waals surface area (Å²) in [7, 11) is 0. The van der Waals surface area contributed by atoms with Crippen molar-refractivity contribution in [3.63, 3.8) is 0 Å². The third-order valence-corrected chi connectivity index (χ3v) is 9.36. The van der Waals surface area contributed by atoms with Gasteiger partial charge in [-0.3, -0.25) is 0 Å². The van der Waals surface area contributed by atoms with Crippen LogP contribution in [0.15, 0.2) is 35.9 Å². The molecule has 0 aliphatic carbocycles. The number of unbranched alkanes of at least 4 members (excludes halogenated alkanes) is 3. The van der Waals surface area contributed by atoms with Crippen molar-refractivity contribution in [2.45, 2.75) is 146 Å². The molecule has 1 aliphatic heterocycles. The third-order valence-electron chi connectivity index (χ3n) is 8.72. The first-order valence-corrected chi connectivity index (χ1v) is 18.8. The molecule has 3 rings (SSSR count). The number of hydrogen-bond acceptors (Lipinski definition) is 2. The Kier molecular flexibility index (Phi) is 18.8. The summed E-state index contributed by atoms with van der Waals surface area (Å²) < 4.78 is 11.8. The molecular weight excluding hydrogens is 599 g/mol. The van der Waals surface area contributed by atoms with E-state index in [2.05, 4.69) is 92.7 Å². The summed E-state index contributed by atoms with van der Waals surface area (Å²) in [5.41, 5.74) is 25.7.